The Labute approximate surface area is 175 Å². The van der Waals surface area contributed by atoms with Crippen molar-refractivity contribution in [2.75, 3.05) is 26.2 Å². The quantitative estimate of drug-likeness (QED) is 0.729. The molecule has 2 aliphatic rings. The van der Waals surface area contributed by atoms with Crippen molar-refractivity contribution in [1.29, 1.82) is 0 Å². The Morgan fingerprint density at radius 2 is 1.72 bits per heavy atom. The summed E-state index contributed by atoms with van der Waals surface area (Å²) in [4.78, 5) is 2.41. The first-order valence-corrected chi connectivity index (χ1v) is 12.0. The molecule has 2 atom stereocenters. The van der Waals surface area contributed by atoms with Gasteiger partial charge in [-0.05, 0) is 36.5 Å². The lowest BCUT2D eigenvalue weighted by molar-refractivity contribution is 0.232. The van der Waals surface area contributed by atoms with Crippen LogP contribution in [-0.2, 0) is 23.2 Å². The SMILES string of the molecule is CCN(C1CCN(C(C)c2ccccc2)C1)S(=O)(=O)N1CCc2ccccc2C1. The third kappa shape index (κ3) is 4.12. The monoisotopic (exact) mass is 413 g/mol. The lowest BCUT2D eigenvalue weighted by Crippen LogP contribution is -2.50. The molecule has 0 saturated carbocycles. The second-order valence-corrected chi connectivity index (χ2v) is 9.97. The molecule has 0 radical (unpaired) electrons. The molecule has 2 unspecified atom stereocenters. The Balaban J connectivity index is 1.47. The first kappa shape index (κ1) is 20.5. The molecule has 0 bridgehead atoms. The van der Waals surface area contributed by atoms with Gasteiger partial charge in [-0.25, -0.2) is 0 Å². The average molecular weight is 414 g/mol. The molecule has 1 saturated heterocycles. The van der Waals surface area contributed by atoms with Crippen LogP contribution in [-0.4, -0.2) is 54.1 Å². The zero-order chi connectivity index (χ0) is 20.4. The predicted octanol–water partition coefficient (Wildman–Crippen LogP) is 3.45. The van der Waals surface area contributed by atoms with Gasteiger partial charge in [-0.1, -0.05) is 61.5 Å². The molecule has 4 rings (SSSR count). The van der Waals surface area contributed by atoms with Crippen molar-refractivity contribution in [3.05, 3.63) is 71.3 Å². The Hall–Kier alpha value is -1.73. The van der Waals surface area contributed by atoms with Gasteiger partial charge in [-0.2, -0.15) is 17.0 Å². The summed E-state index contributed by atoms with van der Waals surface area (Å²) in [5.74, 6) is 0. The third-order valence-corrected chi connectivity index (χ3v) is 8.57. The fourth-order valence-corrected chi connectivity index (χ4v) is 6.52. The predicted molar refractivity (Wildman–Crippen MR) is 117 cm³/mol. The van der Waals surface area contributed by atoms with Gasteiger partial charge in [0.25, 0.3) is 10.2 Å². The molecule has 6 heteroatoms. The van der Waals surface area contributed by atoms with E-state index in [0.29, 0.717) is 25.7 Å². The molecule has 0 aromatic heterocycles. The van der Waals surface area contributed by atoms with E-state index in [9.17, 15) is 8.42 Å². The minimum atomic E-state index is -3.47. The van der Waals surface area contributed by atoms with Gasteiger partial charge in [-0.15, -0.1) is 0 Å². The number of hydrogen-bond donors (Lipinski definition) is 0. The van der Waals surface area contributed by atoms with Crippen molar-refractivity contribution >= 4 is 10.2 Å². The maximum absolute atomic E-state index is 13.5. The maximum atomic E-state index is 13.5. The molecule has 0 aliphatic carbocycles. The van der Waals surface area contributed by atoms with Gasteiger partial charge in [0.15, 0.2) is 0 Å². The van der Waals surface area contributed by atoms with Crippen LogP contribution in [0.5, 0.6) is 0 Å². The Morgan fingerprint density at radius 3 is 2.45 bits per heavy atom. The van der Waals surface area contributed by atoms with Gasteiger partial charge < -0.3 is 0 Å². The topological polar surface area (TPSA) is 43.9 Å². The molecule has 0 spiro atoms. The minimum Gasteiger partial charge on any atom is -0.295 e. The molecule has 2 aromatic rings. The van der Waals surface area contributed by atoms with Crippen molar-refractivity contribution < 1.29 is 8.42 Å². The molecule has 2 heterocycles. The molecule has 2 aliphatic heterocycles. The van der Waals surface area contributed by atoms with Crippen LogP contribution in [0.4, 0.5) is 0 Å². The highest BCUT2D eigenvalue weighted by Gasteiger charge is 2.39. The van der Waals surface area contributed by atoms with E-state index >= 15 is 0 Å². The molecule has 2 aromatic carbocycles. The number of likely N-dealkylation sites (tertiary alicyclic amines) is 1. The Morgan fingerprint density at radius 1 is 1.03 bits per heavy atom. The van der Waals surface area contributed by atoms with Crippen LogP contribution in [0.1, 0.15) is 43.0 Å². The van der Waals surface area contributed by atoms with Crippen LogP contribution in [0.3, 0.4) is 0 Å². The molecular formula is C23H31N3O2S. The summed E-state index contributed by atoms with van der Waals surface area (Å²) in [6.07, 6.45) is 1.67. The van der Waals surface area contributed by atoms with Crippen LogP contribution < -0.4 is 0 Å². The van der Waals surface area contributed by atoms with Crippen molar-refractivity contribution in [2.45, 2.75) is 45.3 Å². The number of benzene rings is 2. The molecule has 29 heavy (non-hydrogen) atoms. The number of fused-ring (bicyclic) bond motifs is 1. The van der Waals surface area contributed by atoms with E-state index < -0.39 is 10.2 Å². The number of rotatable bonds is 6. The third-order valence-electron chi connectivity index (χ3n) is 6.46. The van der Waals surface area contributed by atoms with E-state index in [1.165, 1.54) is 11.1 Å². The number of hydrogen-bond acceptors (Lipinski definition) is 3. The lowest BCUT2D eigenvalue weighted by Gasteiger charge is -2.35. The second kappa shape index (κ2) is 8.56. The van der Waals surface area contributed by atoms with Crippen LogP contribution in [0.2, 0.25) is 0 Å². The summed E-state index contributed by atoms with van der Waals surface area (Å²) in [7, 11) is -3.47. The molecule has 0 amide bonds. The van der Waals surface area contributed by atoms with Crippen LogP contribution in [0.15, 0.2) is 54.6 Å². The zero-order valence-electron chi connectivity index (χ0n) is 17.4. The standard InChI is InChI=1S/C23H31N3O2S/c1-3-26(23-14-15-24(18-23)19(2)20-9-5-4-6-10-20)29(27,28)25-16-13-21-11-7-8-12-22(21)17-25/h4-12,19,23H,3,13-18H2,1-2H3. The minimum absolute atomic E-state index is 0.0355. The normalized spacial score (nSPS) is 22.0. The van der Waals surface area contributed by atoms with Crippen molar-refractivity contribution in [3.63, 3.8) is 0 Å². The van der Waals surface area contributed by atoms with Crippen LogP contribution in [0.25, 0.3) is 0 Å². The van der Waals surface area contributed by atoms with E-state index in [2.05, 4.69) is 42.2 Å². The Kier molecular flexibility index (Phi) is 6.06. The summed E-state index contributed by atoms with van der Waals surface area (Å²) in [6.45, 7) is 7.43. The fourth-order valence-electron chi connectivity index (χ4n) is 4.72. The fraction of sp³-hybridized carbons (Fsp3) is 0.478. The summed E-state index contributed by atoms with van der Waals surface area (Å²) in [5, 5.41) is 0. The van der Waals surface area contributed by atoms with E-state index in [4.69, 9.17) is 0 Å². The summed E-state index contributed by atoms with van der Waals surface area (Å²) in [6, 6.07) is 19.0. The summed E-state index contributed by atoms with van der Waals surface area (Å²) < 4.78 is 30.4. The zero-order valence-corrected chi connectivity index (χ0v) is 18.2. The van der Waals surface area contributed by atoms with Crippen LogP contribution >= 0.6 is 0 Å². The highest BCUT2D eigenvalue weighted by atomic mass is 32.2. The van der Waals surface area contributed by atoms with E-state index in [0.717, 1.165) is 31.5 Å². The summed E-state index contributed by atoms with van der Waals surface area (Å²) >= 11 is 0. The van der Waals surface area contributed by atoms with Gasteiger partial charge in [0.05, 0.1) is 0 Å². The highest BCUT2D eigenvalue weighted by Crippen LogP contribution is 2.30. The molecule has 156 valence electrons. The first-order valence-electron chi connectivity index (χ1n) is 10.6. The van der Waals surface area contributed by atoms with E-state index in [-0.39, 0.29) is 6.04 Å². The molecule has 5 nitrogen and oxygen atoms in total. The van der Waals surface area contributed by atoms with Gasteiger partial charge in [0.1, 0.15) is 0 Å². The molecule has 1 fully saturated rings. The van der Waals surface area contributed by atoms with Crippen molar-refractivity contribution in [2.24, 2.45) is 0 Å². The first-order chi connectivity index (χ1) is 14.0. The van der Waals surface area contributed by atoms with Crippen molar-refractivity contribution in [3.8, 4) is 0 Å². The average Bonchev–Trinajstić information content (AvgIpc) is 3.23. The van der Waals surface area contributed by atoms with Crippen LogP contribution in [0, 0.1) is 0 Å². The van der Waals surface area contributed by atoms with Crippen molar-refractivity contribution in [1.82, 2.24) is 13.5 Å². The lowest BCUT2D eigenvalue weighted by atomic mass is 10.0. The van der Waals surface area contributed by atoms with Gasteiger partial charge >= 0.3 is 0 Å². The highest BCUT2D eigenvalue weighted by molar-refractivity contribution is 7.86. The van der Waals surface area contributed by atoms with E-state index in [1.54, 1.807) is 8.61 Å². The van der Waals surface area contributed by atoms with Gasteiger partial charge in [-0.3, -0.25) is 4.90 Å². The summed E-state index contributed by atoms with van der Waals surface area (Å²) in [5.41, 5.74) is 3.68. The van der Waals surface area contributed by atoms with E-state index in [1.807, 2.05) is 31.2 Å². The maximum Gasteiger partial charge on any atom is 0.282 e. The molecular weight excluding hydrogens is 382 g/mol. The smallest absolute Gasteiger partial charge is 0.282 e. The second-order valence-electron chi connectivity index (χ2n) is 8.09. The Bertz CT molecular complexity index is 932. The number of likely N-dealkylation sites (N-methyl/N-ethyl adjacent to an activating group) is 1. The largest absolute Gasteiger partial charge is 0.295 e. The van der Waals surface area contributed by atoms with Gasteiger partial charge in [0.2, 0.25) is 0 Å². The van der Waals surface area contributed by atoms with Gasteiger partial charge in [0, 0.05) is 44.8 Å². The molecule has 0 N–H and O–H groups in total. The number of nitrogens with zero attached hydrogens (tertiary/aromatic N) is 3.